The van der Waals surface area contributed by atoms with Crippen molar-refractivity contribution >= 4 is 28.2 Å². The molecule has 1 saturated heterocycles. The van der Waals surface area contributed by atoms with Crippen LogP contribution in [0.25, 0.3) is 0 Å². The highest BCUT2D eigenvalue weighted by atomic mass is 32.1. The molecular weight excluding hydrogens is 286 g/mol. The van der Waals surface area contributed by atoms with Crippen LogP contribution in [-0.2, 0) is 4.79 Å². The van der Waals surface area contributed by atoms with Gasteiger partial charge in [0, 0.05) is 19.5 Å². The van der Waals surface area contributed by atoms with Crippen LogP contribution >= 0.6 is 11.3 Å². The zero-order chi connectivity index (χ0) is 15.2. The molecule has 0 saturated carbocycles. The minimum atomic E-state index is -0.506. The lowest BCUT2D eigenvalue weighted by Gasteiger charge is -2.31. The summed E-state index contributed by atoms with van der Waals surface area (Å²) in [7, 11) is 0. The Morgan fingerprint density at radius 2 is 2.33 bits per heavy atom. The van der Waals surface area contributed by atoms with Gasteiger partial charge in [-0.3, -0.25) is 9.59 Å². The summed E-state index contributed by atoms with van der Waals surface area (Å²) in [6, 6.07) is 1.64. The molecule has 3 N–H and O–H groups in total. The predicted molar refractivity (Wildman–Crippen MR) is 85.5 cm³/mol. The van der Waals surface area contributed by atoms with E-state index in [0.29, 0.717) is 17.0 Å². The van der Waals surface area contributed by atoms with Crippen LogP contribution in [0.5, 0.6) is 0 Å². The van der Waals surface area contributed by atoms with Gasteiger partial charge >= 0.3 is 0 Å². The number of thiophene rings is 1. The third-order valence-corrected chi connectivity index (χ3v) is 4.85. The molecule has 0 bridgehead atoms. The van der Waals surface area contributed by atoms with Crippen molar-refractivity contribution in [3.63, 3.8) is 0 Å². The third kappa shape index (κ3) is 4.54. The minimum Gasteiger partial charge on any atom is -0.366 e. The molecule has 2 heterocycles. The van der Waals surface area contributed by atoms with E-state index in [2.05, 4.69) is 17.1 Å². The Balaban J connectivity index is 1.79. The summed E-state index contributed by atoms with van der Waals surface area (Å²) >= 11 is 1.33. The first kappa shape index (κ1) is 16.0. The van der Waals surface area contributed by atoms with E-state index in [0.717, 1.165) is 25.6 Å². The lowest BCUT2D eigenvalue weighted by Crippen LogP contribution is -2.37. The summed E-state index contributed by atoms with van der Waals surface area (Å²) in [5, 5.41) is 5.10. The molecule has 5 nitrogen and oxygen atoms in total. The van der Waals surface area contributed by atoms with Gasteiger partial charge in [-0.05, 0) is 36.8 Å². The number of piperidine rings is 1. The summed E-state index contributed by atoms with van der Waals surface area (Å²) in [5.41, 5.74) is 5.65. The lowest BCUT2D eigenvalue weighted by atomic mass is 9.95. The molecule has 1 aromatic rings. The maximum atomic E-state index is 12.0. The number of anilines is 1. The number of carbonyl (C=O) groups excluding carboxylic acids is 2. The number of amides is 2. The Morgan fingerprint density at radius 3 is 3.05 bits per heavy atom. The molecule has 0 radical (unpaired) electrons. The van der Waals surface area contributed by atoms with Gasteiger partial charge in [0.1, 0.15) is 5.00 Å². The SMILES string of the molecule is CCC1CCCN(CCC(=O)Nc2sccc2C(N)=O)C1. The van der Waals surface area contributed by atoms with Crippen molar-refractivity contribution in [2.24, 2.45) is 11.7 Å². The summed E-state index contributed by atoms with van der Waals surface area (Å²) < 4.78 is 0. The molecule has 0 aliphatic carbocycles. The largest absolute Gasteiger partial charge is 0.366 e. The number of nitrogens with one attached hydrogen (secondary N) is 1. The van der Waals surface area contributed by atoms with Crippen LogP contribution in [0.2, 0.25) is 0 Å². The molecule has 0 spiro atoms. The van der Waals surface area contributed by atoms with Crippen LogP contribution in [0.15, 0.2) is 11.4 Å². The van der Waals surface area contributed by atoms with Crippen molar-refractivity contribution in [2.75, 3.05) is 25.0 Å². The summed E-state index contributed by atoms with van der Waals surface area (Å²) in [6.07, 6.45) is 4.18. The second-order valence-electron chi connectivity index (χ2n) is 5.54. The molecule has 1 aliphatic heterocycles. The van der Waals surface area contributed by atoms with Gasteiger partial charge < -0.3 is 16.0 Å². The van der Waals surface area contributed by atoms with Crippen molar-refractivity contribution < 1.29 is 9.59 Å². The van der Waals surface area contributed by atoms with E-state index >= 15 is 0 Å². The van der Waals surface area contributed by atoms with Gasteiger partial charge in [-0.15, -0.1) is 11.3 Å². The number of likely N-dealkylation sites (tertiary alicyclic amines) is 1. The monoisotopic (exact) mass is 309 g/mol. The van der Waals surface area contributed by atoms with E-state index in [1.165, 1.54) is 30.6 Å². The van der Waals surface area contributed by atoms with E-state index in [1.807, 2.05) is 0 Å². The number of carbonyl (C=O) groups is 2. The fraction of sp³-hybridized carbons (Fsp3) is 0.600. The highest BCUT2D eigenvalue weighted by molar-refractivity contribution is 7.14. The van der Waals surface area contributed by atoms with Crippen LogP contribution in [-0.4, -0.2) is 36.3 Å². The average molecular weight is 309 g/mol. The zero-order valence-electron chi connectivity index (χ0n) is 12.4. The Bertz CT molecular complexity index is 501. The van der Waals surface area contributed by atoms with Crippen molar-refractivity contribution in [3.05, 3.63) is 17.0 Å². The van der Waals surface area contributed by atoms with Crippen LogP contribution in [0, 0.1) is 5.92 Å². The Kier molecular flexibility index (Phi) is 5.76. The number of nitrogens with two attached hydrogens (primary N) is 1. The van der Waals surface area contributed by atoms with Crippen LogP contribution in [0.1, 0.15) is 43.0 Å². The van der Waals surface area contributed by atoms with Gasteiger partial charge in [0.25, 0.3) is 5.91 Å². The number of nitrogens with zero attached hydrogens (tertiary/aromatic N) is 1. The minimum absolute atomic E-state index is 0.0569. The fourth-order valence-electron chi connectivity index (χ4n) is 2.74. The second kappa shape index (κ2) is 7.56. The Labute approximate surface area is 129 Å². The maximum Gasteiger partial charge on any atom is 0.251 e. The molecule has 2 amide bonds. The van der Waals surface area contributed by atoms with Crippen molar-refractivity contribution in [2.45, 2.75) is 32.6 Å². The van der Waals surface area contributed by atoms with Gasteiger partial charge in [0.05, 0.1) is 5.56 Å². The first-order chi connectivity index (χ1) is 10.1. The standard InChI is InChI=1S/C15H23N3O2S/c1-2-11-4-3-7-18(10-11)8-5-13(19)17-15-12(14(16)20)6-9-21-15/h6,9,11H,2-5,7-8,10H2,1H3,(H2,16,20)(H,17,19). The molecule has 1 unspecified atom stereocenters. The van der Waals surface area contributed by atoms with E-state index in [-0.39, 0.29) is 5.91 Å². The highest BCUT2D eigenvalue weighted by Crippen LogP contribution is 2.23. The molecular formula is C15H23N3O2S. The molecule has 1 atom stereocenters. The fourth-order valence-corrected chi connectivity index (χ4v) is 3.55. The zero-order valence-corrected chi connectivity index (χ0v) is 13.2. The van der Waals surface area contributed by atoms with Crippen molar-refractivity contribution in [1.29, 1.82) is 0 Å². The van der Waals surface area contributed by atoms with Crippen molar-refractivity contribution in [3.8, 4) is 0 Å². The molecule has 2 rings (SSSR count). The van der Waals surface area contributed by atoms with Crippen molar-refractivity contribution in [1.82, 2.24) is 4.90 Å². The third-order valence-electron chi connectivity index (χ3n) is 4.02. The van der Waals surface area contributed by atoms with Gasteiger partial charge in [0.2, 0.25) is 5.91 Å². The topological polar surface area (TPSA) is 75.4 Å². The van der Waals surface area contributed by atoms with Crippen LogP contribution in [0.3, 0.4) is 0 Å². The van der Waals surface area contributed by atoms with E-state index in [4.69, 9.17) is 5.73 Å². The summed E-state index contributed by atoms with van der Waals surface area (Å²) in [5.74, 6) is 0.201. The Morgan fingerprint density at radius 1 is 1.52 bits per heavy atom. The molecule has 116 valence electrons. The molecule has 1 fully saturated rings. The van der Waals surface area contributed by atoms with Gasteiger partial charge in [0.15, 0.2) is 0 Å². The Hall–Kier alpha value is -1.40. The molecule has 21 heavy (non-hydrogen) atoms. The molecule has 0 aromatic carbocycles. The number of hydrogen-bond acceptors (Lipinski definition) is 4. The van der Waals surface area contributed by atoms with Crippen LogP contribution < -0.4 is 11.1 Å². The predicted octanol–water partition coefficient (Wildman–Crippen LogP) is 2.30. The molecule has 6 heteroatoms. The summed E-state index contributed by atoms with van der Waals surface area (Å²) in [4.78, 5) is 25.6. The van der Waals surface area contributed by atoms with Crippen LogP contribution in [0.4, 0.5) is 5.00 Å². The maximum absolute atomic E-state index is 12.0. The van der Waals surface area contributed by atoms with Gasteiger partial charge in [-0.1, -0.05) is 13.3 Å². The quantitative estimate of drug-likeness (QED) is 0.846. The first-order valence-corrected chi connectivity index (χ1v) is 8.37. The number of rotatable bonds is 6. The molecule has 1 aromatic heterocycles. The number of primary amides is 1. The van der Waals surface area contributed by atoms with Gasteiger partial charge in [-0.2, -0.15) is 0 Å². The molecule has 1 aliphatic rings. The van der Waals surface area contributed by atoms with Gasteiger partial charge in [-0.25, -0.2) is 0 Å². The summed E-state index contributed by atoms with van der Waals surface area (Å²) in [6.45, 7) is 5.17. The average Bonchev–Trinajstić information content (AvgIpc) is 2.93. The second-order valence-corrected chi connectivity index (χ2v) is 6.46. The normalized spacial score (nSPS) is 19.4. The highest BCUT2D eigenvalue weighted by Gasteiger charge is 2.19. The number of hydrogen-bond donors (Lipinski definition) is 2. The smallest absolute Gasteiger partial charge is 0.251 e. The lowest BCUT2D eigenvalue weighted by molar-refractivity contribution is -0.116. The van der Waals surface area contributed by atoms with E-state index in [1.54, 1.807) is 11.4 Å². The van der Waals surface area contributed by atoms with E-state index in [9.17, 15) is 9.59 Å². The first-order valence-electron chi connectivity index (χ1n) is 7.49. The van der Waals surface area contributed by atoms with E-state index < -0.39 is 5.91 Å².